The van der Waals surface area contributed by atoms with Crippen molar-refractivity contribution in [1.82, 2.24) is 4.90 Å². The summed E-state index contributed by atoms with van der Waals surface area (Å²) in [5, 5.41) is 0. The molecule has 33 heavy (non-hydrogen) atoms. The van der Waals surface area contributed by atoms with Crippen molar-refractivity contribution in [2.45, 2.75) is 52.6 Å². The van der Waals surface area contributed by atoms with Crippen LogP contribution in [0.5, 0.6) is 5.75 Å². The van der Waals surface area contributed by atoms with E-state index in [4.69, 9.17) is 4.74 Å². The molecule has 0 bridgehead atoms. The number of fused-ring (bicyclic) bond motifs is 1. The molecule has 4 rings (SSSR count). The summed E-state index contributed by atoms with van der Waals surface area (Å²) in [6.45, 7) is 8.90. The van der Waals surface area contributed by atoms with E-state index < -0.39 is 0 Å². The van der Waals surface area contributed by atoms with E-state index in [0.717, 1.165) is 11.7 Å². The van der Waals surface area contributed by atoms with Crippen molar-refractivity contribution in [3.63, 3.8) is 0 Å². The molecule has 0 spiro atoms. The predicted molar refractivity (Wildman–Crippen MR) is 142 cm³/mol. The van der Waals surface area contributed by atoms with E-state index in [1.165, 1.54) is 79.6 Å². The zero-order valence-electron chi connectivity index (χ0n) is 20.1. The maximum Gasteiger partial charge on any atom is 0.120 e. The Labute approximate surface area is 206 Å². The van der Waals surface area contributed by atoms with Crippen molar-refractivity contribution in [1.29, 1.82) is 0 Å². The van der Waals surface area contributed by atoms with E-state index in [9.17, 15) is 0 Å². The third-order valence-corrected chi connectivity index (χ3v) is 6.57. The van der Waals surface area contributed by atoms with Crippen LogP contribution in [0.15, 0.2) is 72.8 Å². The molecule has 1 atom stereocenters. The standard InChI is InChI=1S/C30H37NO.ClH/c1-3-18-31(19-4-2)22-25-12-15-29-21-30(17-16-28(29)20-25)32-23-24-10-13-27(14-11-24)26-8-6-5-7-9-26;/h5-11,13-14,16-17,21,25H,3-4,12,15,18-20,22-23H2,1-2H3;1H. The third kappa shape index (κ3) is 7.09. The first-order valence-corrected chi connectivity index (χ1v) is 12.4. The second kappa shape index (κ2) is 12.8. The van der Waals surface area contributed by atoms with E-state index in [2.05, 4.69) is 91.5 Å². The Bertz CT molecular complexity index is 964. The average molecular weight is 464 g/mol. The number of halogens is 1. The Morgan fingerprint density at radius 2 is 1.52 bits per heavy atom. The van der Waals surface area contributed by atoms with Gasteiger partial charge in [-0.05, 0) is 91.1 Å². The lowest BCUT2D eigenvalue weighted by Gasteiger charge is -2.30. The molecule has 0 fully saturated rings. The third-order valence-electron chi connectivity index (χ3n) is 6.57. The minimum absolute atomic E-state index is 0. The zero-order valence-corrected chi connectivity index (χ0v) is 20.9. The first-order valence-electron chi connectivity index (χ1n) is 12.4. The second-order valence-electron chi connectivity index (χ2n) is 9.19. The van der Waals surface area contributed by atoms with Crippen molar-refractivity contribution in [3.8, 4) is 16.9 Å². The molecule has 3 aromatic carbocycles. The maximum atomic E-state index is 6.15. The monoisotopic (exact) mass is 463 g/mol. The molecule has 0 saturated heterocycles. The summed E-state index contributed by atoms with van der Waals surface area (Å²) >= 11 is 0. The molecule has 1 aliphatic rings. The van der Waals surface area contributed by atoms with Gasteiger partial charge in [0.1, 0.15) is 12.4 Å². The molecule has 1 aliphatic carbocycles. The Morgan fingerprint density at radius 1 is 0.818 bits per heavy atom. The molecule has 0 heterocycles. The molecular weight excluding hydrogens is 426 g/mol. The summed E-state index contributed by atoms with van der Waals surface area (Å²) in [7, 11) is 0. The van der Waals surface area contributed by atoms with Gasteiger partial charge in [-0.25, -0.2) is 0 Å². The molecule has 1 unspecified atom stereocenters. The van der Waals surface area contributed by atoms with Gasteiger partial charge in [-0.15, -0.1) is 12.4 Å². The second-order valence-corrected chi connectivity index (χ2v) is 9.19. The first-order chi connectivity index (χ1) is 15.7. The van der Waals surface area contributed by atoms with Crippen molar-refractivity contribution < 1.29 is 4.74 Å². The molecule has 176 valence electrons. The average Bonchev–Trinajstić information content (AvgIpc) is 2.84. The van der Waals surface area contributed by atoms with Gasteiger partial charge in [-0.2, -0.15) is 0 Å². The summed E-state index contributed by atoms with van der Waals surface area (Å²) in [6, 6.07) is 26.0. The van der Waals surface area contributed by atoms with Gasteiger partial charge in [0.25, 0.3) is 0 Å². The van der Waals surface area contributed by atoms with Crippen molar-refractivity contribution >= 4 is 12.4 Å². The molecule has 2 nitrogen and oxygen atoms in total. The van der Waals surface area contributed by atoms with Crippen LogP contribution >= 0.6 is 12.4 Å². The Morgan fingerprint density at radius 3 is 2.21 bits per heavy atom. The normalized spacial score (nSPS) is 15.1. The number of benzene rings is 3. The lowest BCUT2D eigenvalue weighted by Crippen LogP contribution is -2.33. The Hall–Kier alpha value is -2.29. The van der Waals surface area contributed by atoms with Crippen molar-refractivity contribution in [2.24, 2.45) is 5.92 Å². The van der Waals surface area contributed by atoms with Gasteiger partial charge in [0, 0.05) is 6.54 Å². The number of ether oxygens (including phenoxy) is 1. The van der Waals surface area contributed by atoms with Gasteiger partial charge in [0.2, 0.25) is 0 Å². The molecule has 0 radical (unpaired) electrons. The Kier molecular flexibility index (Phi) is 9.84. The predicted octanol–water partition coefficient (Wildman–Crippen LogP) is 7.58. The zero-order chi connectivity index (χ0) is 22.2. The summed E-state index contributed by atoms with van der Waals surface area (Å²) < 4.78 is 6.15. The highest BCUT2D eigenvalue weighted by atomic mass is 35.5. The molecule has 0 aromatic heterocycles. The largest absolute Gasteiger partial charge is 0.489 e. The van der Waals surface area contributed by atoms with E-state index in [1.807, 2.05) is 0 Å². The number of hydrogen-bond donors (Lipinski definition) is 0. The van der Waals surface area contributed by atoms with E-state index in [0.29, 0.717) is 6.61 Å². The highest BCUT2D eigenvalue weighted by Crippen LogP contribution is 2.30. The summed E-state index contributed by atoms with van der Waals surface area (Å²) in [5.41, 5.74) is 6.70. The molecule has 0 amide bonds. The smallest absolute Gasteiger partial charge is 0.120 e. The molecule has 0 aliphatic heterocycles. The van der Waals surface area contributed by atoms with Crippen LogP contribution in [0.3, 0.4) is 0 Å². The molecular formula is C30H38ClNO. The van der Waals surface area contributed by atoms with Crippen LogP contribution in [0.4, 0.5) is 0 Å². The van der Waals surface area contributed by atoms with E-state index in [1.54, 1.807) is 0 Å². The van der Waals surface area contributed by atoms with Crippen LogP contribution in [0, 0.1) is 5.92 Å². The molecule has 3 aromatic rings. The number of nitrogens with zero attached hydrogens (tertiary/aromatic N) is 1. The van der Waals surface area contributed by atoms with Crippen LogP contribution in [-0.4, -0.2) is 24.5 Å². The van der Waals surface area contributed by atoms with Crippen LogP contribution in [-0.2, 0) is 19.4 Å². The van der Waals surface area contributed by atoms with Gasteiger partial charge >= 0.3 is 0 Å². The number of aryl methyl sites for hydroxylation is 1. The highest BCUT2D eigenvalue weighted by molar-refractivity contribution is 5.85. The molecule has 0 N–H and O–H groups in total. The van der Waals surface area contributed by atoms with Crippen molar-refractivity contribution in [3.05, 3.63) is 89.5 Å². The van der Waals surface area contributed by atoms with Crippen LogP contribution in [0.2, 0.25) is 0 Å². The Balaban J connectivity index is 0.00000306. The molecule has 3 heteroatoms. The van der Waals surface area contributed by atoms with Gasteiger partial charge in [0.05, 0.1) is 0 Å². The SMILES string of the molecule is CCCN(CCC)CC1CCc2cc(OCc3ccc(-c4ccccc4)cc3)ccc2C1.Cl. The summed E-state index contributed by atoms with van der Waals surface area (Å²) in [6.07, 6.45) is 6.18. The summed E-state index contributed by atoms with van der Waals surface area (Å²) in [5.74, 6) is 1.78. The van der Waals surface area contributed by atoms with Crippen molar-refractivity contribution in [2.75, 3.05) is 19.6 Å². The van der Waals surface area contributed by atoms with Gasteiger partial charge < -0.3 is 9.64 Å². The fraction of sp³-hybridized carbons (Fsp3) is 0.400. The maximum absolute atomic E-state index is 6.15. The summed E-state index contributed by atoms with van der Waals surface area (Å²) in [4.78, 5) is 2.66. The quantitative estimate of drug-likeness (QED) is 0.307. The lowest BCUT2D eigenvalue weighted by atomic mass is 9.83. The van der Waals surface area contributed by atoms with Gasteiger partial charge in [-0.3, -0.25) is 0 Å². The minimum Gasteiger partial charge on any atom is -0.489 e. The van der Waals surface area contributed by atoms with Gasteiger partial charge in [0.15, 0.2) is 0 Å². The fourth-order valence-corrected chi connectivity index (χ4v) is 4.94. The van der Waals surface area contributed by atoms with E-state index in [-0.39, 0.29) is 12.4 Å². The first kappa shape index (κ1) is 25.3. The number of hydrogen-bond acceptors (Lipinski definition) is 2. The van der Waals surface area contributed by atoms with E-state index >= 15 is 0 Å². The molecule has 0 saturated carbocycles. The van der Waals surface area contributed by atoms with Crippen LogP contribution in [0.1, 0.15) is 49.8 Å². The topological polar surface area (TPSA) is 12.5 Å². The fourth-order valence-electron chi connectivity index (χ4n) is 4.94. The van der Waals surface area contributed by atoms with Gasteiger partial charge in [-0.1, -0.05) is 74.5 Å². The minimum atomic E-state index is 0. The lowest BCUT2D eigenvalue weighted by molar-refractivity contribution is 0.219. The number of rotatable bonds is 10. The van der Waals surface area contributed by atoms with Crippen LogP contribution < -0.4 is 4.74 Å². The highest BCUT2D eigenvalue weighted by Gasteiger charge is 2.21. The van der Waals surface area contributed by atoms with Crippen LogP contribution in [0.25, 0.3) is 11.1 Å².